The highest BCUT2D eigenvalue weighted by Gasteiger charge is 2.21. The molecule has 0 bridgehead atoms. The van der Waals surface area contributed by atoms with E-state index >= 15 is 0 Å². The van der Waals surface area contributed by atoms with Gasteiger partial charge in [0.1, 0.15) is 18.0 Å². The first-order valence-electron chi connectivity index (χ1n) is 8.54. The second kappa shape index (κ2) is 9.23. The first-order valence-corrected chi connectivity index (χ1v) is 10.4. The van der Waals surface area contributed by atoms with Crippen LogP contribution in [0.15, 0.2) is 53.6 Å². The Bertz CT molecular complexity index is 956. The molecule has 0 aliphatic heterocycles. The average Bonchev–Trinajstić information content (AvgIpc) is 2.65. The van der Waals surface area contributed by atoms with Crippen molar-refractivity contribution in [2.24, 2.45) is 5.10 Å². The van der Waals surface area contributed by atoms with Crippen molar-refractivity contribution < 1.29 is 23.1 Å². The molecular formula is C19H23N3O5S. The maximum Gasteiger partial charge on any atom is 0.260 e. The molecule has 9 heteroatoms. The van der Waals surface area contributed by atoms with Crippen LogP contribution in [0.5, 0.6) is 11.5 Å². The topological polar surface area (TPSA) is 108 Å². The third-order valence-electron chi connectivity index (χ3n) is 3.77. The Morgan fingerprint density at radius 2 is 1.82 bits per heavy atom. The molecule has 0 saturated carbocycles. The molecule has 2 N–H and O–H groups in total. The minimum absolute atomic E-state index is 0.0325. The van der Waals surface area contributed by atoms with Crippen LogP contribution in [0, 0.1) is 0 Å². The van der Waals surface area contributed by atoms with Gasteiger partial charge in [0.05, 0.1) is 24.3 Å². The van der Waals surface area contributed by atoms with Gasteiger partial charge in [-0.15, -0.1) is 0 Å². The average molecular weight is 405 g/mol. The summed E-state index contributed by atoms with van der Waals surface area (Å²) in [5, 5.41) is 13.8. The van der Waals surface area contributed by atoms with Crippen molar-refractivity contribution in [3.8, 4) is 11.5 Å². The van der Waals surface area contributed by atoms with E-state index in [-0.39, 0.29) is 5.75 Å². The van der Waals surface area contributed by atoms with Gasteiger partial charge in [0.15, 0.2) is 0 Å². The molecule has 0 aliphatic carbocycles. The number of ether oxygens (including phenoxy) is 1. The van der Waals surface area contributed by atoms with E-state index in [4.69, 9.17) is 4.74 Å². The lowest BCUT2D eigenvalue weighted by atomic mass is 10.1. The summed E-state index contributed by atoms with van der Waals surface area (Å²) in [5.74, 6) is 0.0197. The molecule has 28 heavy (non-hydrogen) atoms. The number of hydrazone groups is 1. The van der Waals surface area contributed by atoms with Crippen molar-refractivity contribution >= 4 is 27.3 Å². The number of para-hydroxylation sites is 1. The number of phenolic OH excluding ortho intramolecular Hbond substituents is 1. The van der Waals surface area contributed by atoms with Crippen molar-refractivity contribution in [2.45, 2.75) is 13.8 Å². The van der Waals surface area contributed by atoms with E-state index in [1.54, 1.807) is 49.4 Å². The number of phenols is 1. The summed E-state index contributed by atoms with van der Waals surface area (Å²) < 4.78 is 30.6. The largest absolute Gasteiger partial charge is 0.507 e. The van der Waals surface area contributed by atoms with Gasteiger partial charge < -0.3 is 9.84 Å². The fourth-order valence-electron chi connectivity index (χ4n) is 2.43. The smallest absolute Gasteiger partial charge is 0.260 e. The first-order chi connectivity index (χ1) is 13.2. The molecule has 0 spiro atoms. The standard InChI is InChI=1S/C19H23N3O5S/c1-4-27-16-11-9-15(10-12-16)22(28(3,25)26)13-19(24)21-20-14(2)17-7-5-6-8-18(17)23/h5-12,23H,4,13H2,1-3H3,(H,21,24)/b20-14-. The number of hydrogen-bond acceptors (Lipinski definition) is 6. The van der Waals surface area contributed by atoms with Gasteiger partial charge in [0, 0.05) is 5.56 Å². The zero-order valence-corrected chi connectivity index (χ0v) is 16.7. The summed E-state index contributed by atoms with van der Waals surface area (Å²) in [5.41, 5.74) is 3.51. The first kappa shape index (κ1) is 21.2. The predicted molar refractivity (Wildman–Crippen MR) is 108 cm³/mol. The number of amides is 1. The van der Waals surface area contributed by atoms with Crippen LogP contribution < -0.4 is 14.5 Å². The van der Waals surface area contributed by atoms with Crippen molar-refractivity contribution in [3.05, 3.63) is 54.1 Å². The quantitative estimate of drug-likeness (QED) is 0.516. The molecule has 2 rings (SSSR count). The second-order valence-electron chi connectivity index (χ2n) is 5.95. The number of hydrogen-bond donors (Lipinski definition) is 2. The Balaban J connectivity index is 2.13. The van der Waals surface area contributed by atoms with E-state index in [9.17, 15) is 18.3 Å². The number of nitrogens with one attached hydrogen (secondary N) is 1. The summed E-state index contributed by atoms with van der Waals surface area (Å²) in [6.45, 7) is 3.52. The van der Waals surface area contributed by atoms with Crippen LogP contribution >= 0.6 is 0 Å². The summed E-state index contributed by atoms with van der Waals surface area (Å²) in [4.78, 5) is 12.3. The fourth-order valence-corrected chi connectivity index (χ4v) is 3.28. The molecule has 0 aliphatic rings. The highest BCUT2D eigenvalue weighted by atomic mass is 32.2. The molecule has 8 nitrogen and oxygen atoms in total. The van der Waals surface area contributed by atoms with Gasteiger partial charge >= 0.3 is 0 Å². The lowest BCUT2D eigenvalue weighted by molar-refractivity contribution is -0.119. The number of carbonyl (C=O) groups is 1. The van der Waals surface area contributed by atoms with Gasteiger partial charge in [0.2, 0.25) is 10.0 Å². The molecule has 2 aromatic carbocycles. The molecule has 0 heterocycles. The van der Waals surface area contributed by atoms with E-state index in [0.717, 1.165) is 10.6 Å². The van der Waals surface area contributed by atoms with Crippen LogP contribution in [0.3, 0.4) is 0 Å². The van der Waals surface area contributed by atoms with Crippen LogP contribution in [0.25, 0.3) is 0 Å². The van der Waals surface area contributed by atoms with Crippen LogP contribution in [-0.2, 0) is 14.8 Å². The highest BCUT2D eigenvalue weighted by Crippen LogP contribution is 2.21. The maximum absolute atomic E-state index is 12.3. The number of anilines is 1. The summed E-state index contributed by atoms with van der Waals surface area (Å²) in [7, 11) is -3.69. The number of carbonyl (C=O) groups excluding carboxylic acids is 1. The number of benzene rings is 2. The van der Waals surface area contributed by atoms with Crippen molar-refractivity contribution in [1.29, 1.82) is 0 Å². The minimum atomic E-state index is -3.69. The van der Waals surface area contributed by atoms with Crippen LogP contribution in [0.2, 0.25) is 0 Å². The van der Waals surface area contributed by atoms with Gasteiger partial charge in [-0.3, -0.25) is 9.10 Å². The molecule has 0 atom stereocenters. The Labute approximate surface area is 164 Å². The third-order valence-corrected chi connectivity index (χ3v) is 4.91. The Morgan fingerprint density at radius 1 is 1.18 bits per heavy atom. The maximum atomic E-state index is 12.3. The van der Waals surface area contributed by atoms with E-state index in [1.165, 1.54) is 6.07 Å². The molecule has 0 saturated heterocycles. The van der Waals surface area contributed by atoms with Crippen LogP contribution in [0.1, 0.15) is 19.4 Å². The van der Waals surface area contributed by atoms with Gasteiger partial charge in [-0.2, -0.15) is 5.10 Å². The van der Waals surface area contributed by atoms with Crippen LogP contribution in [-0.4, -0.2) is 44.6 Å². The number of aromatic hydroxyl groups is 1. The molecular weight excluding hydrogens is 382 g/mol. The predicted octanol–water partition coefficient (Wildman–Crippen LogP) is 2.10. The van der Waals surface area contributed by atoms with Gasteiger partial charge in [0.25, 0.3) is 5.91 Å². The molecule has 1 amide bonds. The number of nitrogens with zero attached hydrogens (tertiary/aromatic N) is 2. The second-order valence-corrected chi connectivity index (χ2v) is 7.85. The van der Waals surface area contributed by atoms with Crippen molar-refractivity contribution in [3.63, 3.8) is 0 Å². The van der Waals surface area contributed by atoms with Crippen molar-refractivity contribution in [2.75, 3.05) is 23.7 Å². The molecule has 150 valence electrons. The SMILES string of the molecule is CCOc1ccc(N(CC(=O)N/N=C(/C)c2ccccc2O)S(C)(=O)=O)cc1. The molecule has 2 aromatic rings. The van der Waals surface area contributed by atoms with Gasteiger partial charge in [-0.25, -0.2) is 13.8 Å². The zero-order valence-electron chi connectivity index (χ0n) is 15.9. The van der Waals surface area contributed by atoms with E-state index < -0.39 is 22.5 Å². The molecule has 0 unspecified atom stereocenters. The number of rotatable bonds is 8. The Kier molecular flexibility index (Phi) is 7.00. The van der Waals surface area contributed by atoms with E-state index in [2.05, 4.69) is 10.5 Å². The van der Waals surface area contributed by atoms with Crippen molar-refractivity contribution in [1.82, 2.24) is 5.43 Å². The Hall–Kier alpha value is -3.07. The lowest BCUT2D eigenvalue weighted by Crippen LogP contribution is -2.39. The summed E-state index contributed by atoms with van der Waals surface area (Å²) >= 11 is 0. The van der Waals surface area contributed by atoms with Crippen LogP contribution in [0.4, 0.5) is 5.69 Å². The van der Waals surface area contributed by atoms with Gasteiger partial charge in [-0.1, -0.05) is 12.1 Å². The lowest BCUT2D eigenvalue weighted by Gasteiger charge is -2.21. The molecule has 0 radical (unpaired) electrons. The monoisotopic (exact) mass is 405 g/mol. The van der Waals surface area contributed by atoms with E-state index in [0.29, 0.717) is 29.3 Å². The zero-order chi connectivity index (χ0) is 20.7. The van der Waals surface area contributed by atoms with Gasteiger partial charge in [-0.05, 0) is 50.2 Å². The third kappa shape index (κ3) is 5.71. The molecule has 0 aromatic heterocycles. The number of sulfonamides is 1. The van der Waals surface area contributed by atoms with E-state index in [1.807, 2.05) is 6.92 Å². The molecule has 0 fully saturated rings. The normalized spacial score (nSPS) is 11.8. The fraction of sp³-hybridized carbons (Fsp3) is 0.263. The summed E-state index contributed by atoms with van der Waals surface area (Å²) in [6, 6.07) is 13.0. The summed E-state index contributed by atoms with van der Waals surface area (Å²) in [6.07, 6.45) is 1.02. The highest BCUT2D eigenvalue weighted by molar-refractivity contribution is 7.92. The minimum Gasteiger partial charge on any atom is -0.507 e. The Morgan fingerprint density at radius 3 is 2.39 bits per heavy atom.